The molecule has 0 amide bonds. The van der Waals surface area contributed by atoms with Gasteiger partial charge in [-0.1, -0.05) is 23.8 Å². The maximum atomic E-state index is 10.7. The van der Waals surface area contributed by atoms with Crippen molar-refractivity contribution >= 4 is 6.29 Å². The Morgan fingerprint density at radius 3 is 3.00 bits per heavy atom. The fourth-order valence-corrected chi connectivity index (χ4v) is 1.42. The summed E-state index contributed by atoms with van der Waals surface area (Å²) in [4.78, 5) is 17.6. The van der Waals surface area contributed by atoms with E-state index >= 15 is 0 Å². The lowest BCUT2D eigenvalue weighted by molar-refractivity contribution is 0.112. The molecule has 14 heavy (non-hydrogen) atoms. The first-order valence-electron chi connectivity index (χ1n) is 4.37. The number of aryl methyl sites for hydroxylation is 1. The Kier molecular flexibility index (Phi) is 2.14. The Morgan fingerprint density at radius 2 is 2.29 bits per heavy atom. The van der Waals surface area contributed by atoms with Crippen LogP contribution in [0.15, 0.2) is 30.6 Å². The summed E-state index contributed by atoms with van der Waals surface area (Å²) in [5.41, 5.74) is 3.36. The zero-order chi connectivity index (χ0) is 9.97. The molecule has 3 nitrogen and oxygen atoms in total. The van der Waals surface area contributed by atoms with E-state index in [4.69, 9.17) is 0 Å². The SMILES string of the molecule is Cc1cccc(-c2nc[nH]c2C=O)c1. The molecule has 0 saturated heterocycles. The van der Waals surface area contributed by atoms with Crippen LogP contribution in [0.5, 0.6) is 0 Å². The molecule has 1 aromatic heterocycles. The van der Waals surface area contributed by atoms with Crippen molar-refractivity contribution in [3.63, 3.8) is 0 Å². The predicted molar refractivity (Wildman–Crippen MR) is 54.1 cm³/mol. The second-order valence-electron chi connectivity index (χ2n) is 3.15. The highest BCUT2D eigenvalue weighted by atomic mass is 16.1. The average molecular weight is 186 g/mol. The van der Waals surface area contributed by atoms with E-state index in [1.54, 1.807) is 0 Å². The number of benzene rings is 1. The third kappa shape index (κ3) is 1.44. The third-order valence-electron chi connectivity index (χ3n) is 2.08. The van der Waals surface area contributed by atoms with Crippen LogP contribution >= 0.6 is 0 Å². The van der Waals surface area contributed by atoms with Crippen molar-refractivity contribution in [1.82, 2.24) is 9.97 Å². The molecule has 0 spiro atoms. The molecule has 0 aliphatic rings. The van der Waals surface area contributed by atoms with Crippen LogP contribution in [0.1, 0.15) is 16.1 Å². The van der Waals surface area contributed by atoms with Crippen molar-refractivity contribution in [2.45, 2.75) is 6.92 Å². The first-order valence-corrected chi connectivity index (χ1v) is 4.37. The Morgan fingerprint density at radius 1 is 1.43 bits per heavy atom. The first-order chi connectivity index (χ1) is 6.81. The quantitative estimate of drug-likeness (QED) is 0.731. The van der Waals surface area contributed by atoms with E-state index in [-0.39, 0.29) is 0 Å². The standard InChI is InChI=1S/C11H10N2O/c1-8-3-2-4-9(5-8)11-10(6-14)12-7-13-11/h2-7H,1H3,(H,12,13). The molecule has 1 heterocycles. The van der Waals surface area contributed by atoms with E-state index in [2.05, 4.69) is 9.97 Å². The summed E-state index contributed by atoms with van der Waals surface area (Å²) in [5.74, 6) is 0. The summed E-state index contributed by atoms with van der Waals surface area (Å²) in [6.07, 6.45) is 2.31. The van der Waals surface area contributed by atoms with Crippen LogP contribution in [-0.2, 0) is 0 Å². The van der Waals surface area contributed by atoms with Gasteiger partial charge in [0, 0.05) is 5.56 Å². The summed E-state index contributed by atoms with van der Waals surface area (Å²) in [6, 6.07) is 7.91. The molecule has 1 aromatic carbocycles. The molecule has 0 fully saturated rings. The van der Waals surface area contributed by atoms with Gasteiger partial charge in [0.25, 0.3) is 0 Å². The normalized spacial score (nSPS) is 10.1. The highest BCUT2D eigenvalue weighted by Gasteiger charge is 2.06. The molecule has 0 atom stereocenters. The molecule has 0 unspecified atom stereocenters. The van der Waals surface area contributed by atoms with Gasteiger partial charge in [-0.05, 0) is 13.0 Å². The lowest BCUT2D eigenvalue weighted by atomic mass is 10.1. The van der Waals surface area contributed by atoms with E-state index in [1.807, 2.05) is 31.2 Å². The Balaban J connectivity index is 2.54. The second-order valence-corrected chi connectivity index (χ2v) is 3.15. The monoisotopic (exact) mass is 186 g/mol. The summed E-state index contributed by atoms with van der Waals surface area (Å²) in [5, 5.41) is 0. The van der Waals surface area contributed by atoms with Gasteiger partial charge >= 0.3 is 0 Å². The fourth-order valence-electron chi connectivity index (χ4n) is 1.42. The number of hydrogen-bond acceptors (Lipinski definition) is 2. The molecular weight excluding hydrogens is 176 g/mol. The number of aldehydes is 1. The van der Waals surface area contributed by atoms with Crippen LogP contribution < -0.4 is 0 Å². The Labute approximate surface area is 81.8 Å². The van der Waals surface area contributed by atoms with E-state index in [1.165, 1.54) is 6.33 Å². The van der Waals surface area contributed by atoms with E-state index in [0.29, 0.717) is 11.4 Å². The van der Waals surface area contributed by atoms with Crippen molar-refractivity contribution in [3.8, 4) is 11.3 Å². The number of carbonyl (C=O) groups is 1. The predicted octanol–water partition coefficient (Wildman–Crippen LogP) is 2.20. The number of hydrogen-bond donors (Lipinski definition) is 1. The van der Waals surface area contributed by atoms with Gasteiger partial charge in [0.1, 0.15) is 5.69 Å². The summed E-state index contributed by atoms with van der Waals surface area (Å²) < 4.78 is 0. The number of aromatic nitrogens is 2. The number of aromatic amines is 1. The molecular formula is C11H10N2O. The highest BCUT2D eigenvalue weighted by Crippen LogP contribution is 2.19. The van der Waals surface area contributed by atoms with Gasteiger partial charge in [-0.15, -0.1) is 0 Å². The van der Waals surface area contributed by atoms with Gasteiger partial charge in [-0.2, -0.15) is 0 Å². The molecule has 0 aliphatic carbocycles. The molecule has 1 N–H and O–H groups in total. The fraction of sp³-hybridized carbons (Fsp3) is 0.0909. The van der Waals surface area contributed by atoms with Gasteiger partial charge in [-0.25, -0.2) is 4.98 Å². The largest absolute Gasteiger partial charge is 0.342 e. The lowest BCUT2D eigenvalue weighted by Crippen LogP contribution is -1.86. The average Bonchev–Trinajstić information content (AvgIpc) is 2.65. The molecule has 0 bridgehead atoms. The molecule has 0 saturated carbocycles. The maximum Gasteiger partial charge on any atom is 0.168 e. The van der Waals surface area contributed by atoms with Gasteiger partial charge in [0.15, 0.2) is 6.29 Å². The number of rotatable bonds is 2. The smallest absolute Gasteiger partial charge is 0.168 e. The van der Waals surface area contributed by atoms with Gasteiger partial charge in [-0.3, -0.25) is 4.79 Å². The first kappa shape index (κ1) is 8.69. The van der Waals surface area contributed by atoms with Crippen LogP contribution in [-0.4, -0.2) is 16.3 Å². The number of H-pyrrole nitrogens is 1. The van der Waals surface area contributed by atoms with Crippen LogP contribution in [0.4, 0.5) is 0 Å². The molecule has 2 rings (SSSR count). The van der Waals surface area contributed by atoms with Gasteiger partial charge < -0.3 is 4.98 Å². The second kappa shape index (κ2) is 3.46. The summed E-state index contributed by atoms with van der Waals surface area (Å²) >= 11 is 0. The number of nitrogens with zero attached hydrogens (tertiary/aromatic N) is 1. The molecule has 2 aromatic rings. The van der Waals surface area contributed by atoms with E-state index in [0.717, 1.165) is 17.4 Å². The van der Waals surface area contributed by atoms with E-state index < -0.39 is 0 Å². The van der Waals surface area contributed by atoms with Crippen LogP contribution in [0.3, 0.4) is 0 Å². The Hall–Kier alpha value is -1.90. The van der Waals surface area contributed by atoms with Crippen molar-refractivity contribution < 1.29 is 4.79 Å². The van der Waals surface area contributed by atoms with Crippen LogP contribution in [0, 0.1) is 6.92 Å². The van der Waals surface area contributed by atoms with Crippen molar-refractivity contribution in [3.05, 3.63) is 41.9 Å². The third-order valence-corrected chi connectivity index (χ3v) is 2.08. The van der Waals surface area contributed by atoms with E-state index in [9.17, 15) is 4.79 Å². The minimum atomic E-state index is 0.524. The zero-order valence-electron chi connectivity index (χ0n) is 7.82. The van der Waals surface area contributed by atoms with Crippen molar-refractivity contribution in [2.75, 3.05) is 0 Å². The van der Waals surface area contributed by atoms with Crippen LogP contribution in [0.2, 0.25) is 0 Å². The topological polar surface area (TPSA) is 45.8 Å². The molecule has 0 aliphatic heterocycles. The molecule has 3 heteroatoms. The summed E-state index contributed by atoms with van der Waals surface area (Å²) in [6.45, 7) is 2.01. The number of imidazole rings is 1. The summed E-state index contributed by atoms with van der Waals surface area (Å²) in [7, 11) is 0. The van der Waals surface area contributed by atoms with Crippen LogP contribution in [0.25, 0.3) is 11.3 Å². The molecule has 0 radical (unpaired) electrons. The minimum absolute atomic E-state index is 0.524. The molecule has 70 valence electrons. The zero-order valence-corrected chi connectivity index (χ0v) is 7.82. The maximum absolute atomic E-state index is 10.7. The van der Waals surface area contributed by atoms with Crippen molar-refractivity contribution in [2.24, 2.45) is 0 Å². The highest BCUT2D eigenvalue weighted by molar-refractivity contribution is 5.83. The van der Waals surface area contributed by atoms with Gasteiger partial charge in [0.05, 0.1) is 12.0 Å². The number of nitrogens with one attached hydrogen (secondary N) is 1. The van der Waals surface area contributed by atoms with Crippen molar-refractivity contribution in [1.29, 1.82) is 0 Å². The Bertz CT molecular complexity index is 460. The number of carbonyl (C=O) groups excluding carboxylic acids is 1. The lowest BCUT2D eigenvalue weighted by Gasteiger charge is -1.98. The van der Waals surface area contributed by atoms with Gasteiger partial charge in [0.2, 0.25) is 0 Å². The minimum Gasteiger partial charge on any atom is -0.342 e.